The molecule has 3 aromatic carbocycles. The Morgan fingerprint density at radius 1 is 0.972 bits per heavy atom. The van der Waals surface area contributed by atoms with E-state index in [2.05, 4.69) is 32.7 Å². The highest BCUT2D eigenvalue weighted by Gasteiger charge is 2.15. The summed E-state index contributed by atoms with van der Waals surface area (Å²) in [5.74, 6) is -0.429. The maximum absolute atomic E-state index is 11.4. The molecule has 0 amide bonds. The Morgan fingerprint density at radius 2 is 1.67 bits per heavy atom. The van der Waals surface area contributed by atoms with Crippen LogP contribution in [0.2, 0.25) is 0 Å². The van der Waals surface area contributed by atoms with Gasteiger partial charge in [-0.25, -0.2) is 14.8 Å². The zero-order chi connectivity index (χ0) is 25.8. The molecular formula is C28H30N4O4. The fraction of sp³-hybridized carbons (Fsp3) is 0.179. The first-order chi connectivity index (χ1) is 17.5. The first-order valence-electron chi connectivity index (χ1n) is 11.5. The van der Waals surface area contributed by atoms with Crippen LogP contribution in [0.1, 0.15) is 27.6 Å². The molecule has 0 saturated heterocycles. The zero-order valence-electron chi connectivity index (χ0n) is 20.0. The van der Waals surface area contributed by atoms with E-state index in [1.807, 2.05) is 48.5 Å². The Hall–Kier alpha value is -4.27. The van der Waals surface area contributed by atoms with Crippen LogP contribution in [-0.4, -0.2) is 51.4 Å². The van der Waals surface area contributed by atoms with Crippen LogP contribution in [0.4, 0.5) is 5.95 Å². The molecule has 4 rings (SSSR count). The molecule has 4 aromatic rings. The molecule has 0 bridgehead atoms. The summed E-state index contributed by atoms with van der Waals surface area (Å²) in [5, 5.41) is 33.9. The van der Waals surface area contributed by atoms with Crippen molar-refractivity contribution in [2.75, 3.05) is 25.5 Å². The fourth-order valence-corrected chi connectivity index (χ4v) is 3.45. The number of rotatable bonds is 9. The van der Waals surface area contributed by atoms with Crippen molar-refractivity contribution in [2.24, 2.45) is 0 Å². The van der Waals surface area contributed by atoms with Crippen LogP contribution in [-0.2, 0) is 6.42 Å². The summed E-state index contributed by atoms with van der Waals surface area (Å²) in [5.41, 5.74) is 3.21. The van der Waals surface area contributed by atoms with Gasteiger partial charge in [0.2, 0.25) is 5.95 Å². The Bertz CT molecular complexity index is 1240. The van der Waals surface area contributed by atoms with Gasteiger partial charge in [0.15, 0.2) is 0 Å². The largest absolute Gasteiger partial charge is 0.508 e. The lowest BCUT2D eigenvalue weighted by Gasteiger charge is -2.09. The topological polar surface area (TPSA) is 128 Å². The number of aromatic nitrogens is 2. The van der Waals surface area contributed by atoms with Crippen molar-refractivity contribution >= 4 is 11.9 Å². The summed E-state index contributed by atoms with van der Waals surface area (Å²) in [6.45, 7) is 1.16. The molecule has 1 unspecified atom stereocenters. The number of likely N-dealkylation sites (N-methyl/N-ethyl adjacent to an activating group) is 1. The molecule has 0 radical (unpaired) electrons. The highest BCUT2D eigenvalue weighted by atomic mass is 16.4. The summed E-state index contributed by atoms with van der Waals surface area (Å²) in [4.78, 5) is 19.9. The SMILES string of the molecule is CNCC(O)c1cccc(O)c1.O=C(O)c1cnc(NCCc2ccccc2)nc1-c1ccccc1. The van der Waals surface area contributed by atoms with E-state index in [4.69, 9.17) is 5.11 Å². The summed E-state index contributed by atoms with van der Waals surface area (Å²) >= 11 is 0. The van der Waals surface area contributed by atoms with Crippen molar-refractivity contribution in [3.05, 3.63) is 108 Å². The zero-order valence-corrected chi connectivity index (χ0v) is 20.0. The Balaban J connectivity index is 0.000000253. The quantitative estimate of drug-likeness (QED) is 0.239. The molecule has 1 atom stereocenters. The van der Waals surface area contributed by atoms with Gasteiger partial charge in [-0.3, -0.25) is 0 Å². The normalized spacial score (nSPS) is 11.2. The second-order valence-electron chi connectivity index (χ2n) is 7.96. The molecule has 0 aliphatic heterocycles. The molecule has 1 aromatic heterocycles. The number of benzene rings is 3. The van der Waals surface area contributed by atoms with Gasteiger partial charge >= 0.3 is 5.97 Å². The van der Waals surface area contributed by atoms with Gasteiger partial charge in [0, 0.05) is 24.8 Å². The number of carboxylic acid groups (broad SMARTS) is 1. The fourth-order valence-electron chi connectivity index (χ4n) is 3.45. The molecule has 0 fully saturated rings. The lowest BCUT2D eigenvalue weighted by atomic mass is 10.1. The third-order valence-corrected chi connectivity index (χ3v) is 5.26. The van der Waals surface area contributed by atoms with Gasteiger partial charge in [-0.05, 0) is 36.7 Å². The molecule has 0 aliphatic carbocycles. The number of nitrogens with one attached hydrogen (secondary N) is 2. The van der Waals surface area contributed by atoms with Gasteiger partial charge in [-0.2, -0.15) is 0 Å². The molecule has 1 heterocycles. The lowest BCUT2D eigenvalue weighted by molar-refractivity contribution is 0.0697. The first-order valence-corrected chi connectivity index (χ1v) is 11.5. The van der Waals surface area contributed by atoms with Crippen molar-refractivity contribution < 1.29 is 20.1 Å². The number of aliphatic hydroxyl groups is 1. The van der Waals surface area contributed by atoms with Crippen LogP contribution in [0.25, 0.3) is 11.3 Å². The third kappa shape index (κ3) is 7.90. The van der Waals surface area contributed by atoms with E-state index in [1.165, 1.54) is 11.8 Å². The number of carbonyl (C=O) groups is 1. The number of hydrogen-bond donors (Lipinski definition) is 5. The summed E-state index contributed by atoms with van der Waals surface area (Å²) < 4.78 is 0. The minimum atomic E-state index is -1.04. The number of phenols is 1. The van der Waals surface area contributed by atoms with E-state index in [9.17, 15) is 15.0 Å². The number of aromatic hydroxyl groups is 1. The van der Waals surface area contributed by atoms with Gasteiger partial charge in [0.05, 0.1) is 11.8 Å². The molecule has 8 heteroatoms. The van der Waals surface area contributed by atoms with Crippen molar-refractivity contribution in [3.8, 4) is 17.0 Å². The average Bonchev–Trinajstić information content (AvgIpc) is 2.90. The maximum atomic E-state index is 11.4. The van der Waals surface area contributed by atoms with Crippen molar-refractivity contribution in [1.82, 2.24) is 15.3 Å². The Kier molecular flexibility index (Phi) is 9.93. The van der Waals surface area contributed by atoms with Crippen LogP contribution < -0.4 is 10.6 Å². The second kappa shape index (κ2) is 13.6. The average molecular weight is 487 g/mol. The number of phenolic OH excluding ortho intramolecular Hbond substituents is 1. The van der Waals surface area contributed by atoms with Crippen LogP contribution in [0.15, 0.2) is 91.1 Å². The molecule has 36 heavy (non-hydrogen) atoms. The van der Waals surface area contributed by atoms with Gasteiger partial charge in [-0.1, -0.05) is 72.8 Å². The van der Waals surface area contributed by atoms with Crippen LogP contribution in [0, 0.1) is 0 Å². The number of anilines is 1. The van der Waals surface area contributed by atoms with Crippen molar-refractivity contribution in [1.29, 1.82) is 0 Å². The smallest absolute Gasteiger partial charge is 0.339 e. The Labute approximate surface area is 210 Å². The minimum absolute atomic E-state index is 0.0924. The second-order valence-corrected chi connectivity index (χ2v) is 7.96. The Morgan fingerprint density at radius 3 is 2.31 bits per heavy atom. The monoisotopic (exact) mass is 486 g/mol. The van der Waals surface area contributed by atoms with E-state index < -0.39 is 12.1 Å². The van der Waals surface area contributed by atoms with Crippen molar-refractivity contribution in [2.45, 2.75) is 12.5 Å². The molecule has 0 saturated carbocycles. The van der Waals surface area contributed by atoms with E-state index in [0.29, 0.717) is 24.7 Å². The molecular weight excluding hydrogens is 456 g/mol. The number of hydrogen-bond acceptors (Lipinski definition) is 7. The molecule has 8 nitrogen and oxygen atoms in total. The van der Waals surface area contributed by atoms with E-state index in [0.717, 1.165) is 17.5 Å². The predicted octanol–water partition coefficient (Wildman–Crippen LogP) is 4.14. The van der Waals surface area contributed by atoms with Crippen LogP contribution in [0.5, 0.6) is 5.75 Å². The lowest BCUT2D eigenvalue weighted by Crippen LogP contribution is -2.16. The summed E-state index contributed by atoms with van der Waals surface area (Å²) in [6, 6.07) is 26.0. The van der Waals surface area contributed by atoms with E-state index in [-0.39, 0.29) is 11.3 Å². The van der Waals surface area contributed by atoms with Gasteiger partial charge < -0.3 is 26.0 Å². The predicted molar refractivity (Wildman–Crippen MR) is 140 cm³/mol. The van der Waals surface area contributed by atoms with Gasteiger partial charge in [0.25, 0.3) is 0 Å². The highest BCUT2D eigenvalue weighted by Crippen LogP contribution is 2.22. The van der Waals surface area contributed by atoms with Gasteiger partial charge in [0.1, 0.15) is 11.3 Å². The van der Waals surface area contributed by atoms with Crippen LogP contribution in [0.3, 0.4) is 0 Å². The molecule has 0 spiro atoms. The molecule has 5 N–H and O–H groups in total. The number of carboxylic acids is 1. The summed E-state index contributed by atoms with van der Waals surface area (Å²) in [6.07, 6.45) is 1.63. The highest BCUT2D eigenvalue weighted by molar-refractivity contribution is 5.94. The van der Waals surface area contributed by atoms with E-state index >= 15 is 0 Å². The standard InChI is InChI=1S/C19H17N3O2.C9H13NO2/c23-18(24)16-13-21-19(20-12-11-14-7-3-1-4-8-14)22-17(16)15-9-5-2-6-10-15;1-10-6-9(12)7-3-2-4-8(11)5-7/h1-10,13H,11-12H2,(H,23,24)(H,20,21,22);2-5,9-12H,6H2,1H3. The van der Waals surface area contributed by atoms with E-state index in [1.54, 1.807) is 31.3 Å². The number of aliphatic hydroxyl groups excluding tert-OH is 1. The number of aromatic carboxylic acids is 1. The summed E-state index contributed by atoms with van der Waals surface area (Å²) in [7, 11) is 1.77. The maximum Gasteiger partial charge on any atom is 0.339 e. The minimum Gasteiger partial charge on any atom is -0.508 e. The van der Waals surface area contributed by atoms with Gasteiger partial charge in [-0.15, -0.1) is 0 Å². The van der Waals surface area contributed by atoms with Crippen molar-refractivity contribution in [3.63, 3.8) is 0 Å². The molecule has 186 valence electrons. The third-order valence-electron chi connectivity index (χ3n) is 5.26. The molecule has 0 aliphatic rings. The number of nitrogens with zero attached hydrogens (tertiary/aromatic N) is 2. The first kappa shape index (κ1) is 26.3. The van der Waals surface area contributed by atoms with Crippen LogP contribution >= 0.6 is 0 Å².